The highest BCUT2D eigenvalue weighted by Gasteiger charge is 2.16. The highest BCUT2D eigenvalue weighted by molar-refractivity contribution is 5.09. The van der Waals surface area contributed by atoms with Gasteiger partial charge < -0.3 is 5.73 Å². The van der Waals surface area contributed by atoms with Gasteiger partial charge in [0.1, 0.15) is 6.33 Å². The Morgan fingerprint density at radius 3 is 3.08 bits per heavy atom. The van der Waals surface area contributed by atoms with Crippen LogP contribution in [0.4, 0.5) is 5.95 Å². The van der Waals surface area contributed by atoms with E-state index in [0.29, 0.717) is 5.95 Å². The van der Waals surface area contributed by atoms with Gasteiger partial charge in [-0.25, -0.2) is 9.67 Å². The Morgan fingerprint density at radius 1 is 1.67 bits per heavy atom. The lowest BCUT2D eigenvalue weighted by Crippen LogP contribution is -1.96. The van der Waals surface area contributed by atoms with Crippen molar-refractivity contribution < 1.29 is 0 Å². The quantitative estimate of drug-likeness (QED) is 0.673. The number of rotatable bonds is 3. The molecule has 1 saturated carbocycles. The Labute approximate surface area is 71.1 Å². The van der Waals surface area contributed by atoms with E-state index in [4.69, 9.17) is 5.73 Å². The lowest BCUT2D eigenvalue weighted by atomic mass is 10.4. The van der Waals surface area contributed by atoms with Gasteiger partial charge in [0.15, 0.2) is 0 Å². The highest BCUT2D eigenvalue weighted by Crippen LogP contribution is 2.29. The second kappa shape index (κ2) is 2.97. The van der Waals surface area contributed by atoms with E-state index < -0.39 is 0 Å². The molecule has 0 aliphatic heterocycles. The number of anilines is 1. The predicted molar refractivity (Wildman–Crippen MR) is 46.3 cm³/mol. The number of hydrogen-bond donors (Lipinski definition) is 1. The summed E-state index contributed by atoms with van der Waals surface area (Å²) in [7, 11) is 0. The van der Waals surface area contributed by atoms with Crippen LogP contribution in [0.15, 0.2) is 18.5 Å². The van der Waals surface area contributed by atoms with Crippen molar-refractivity contribution in [1.82, 2.24) is 14.8 Å². The van der Waals surface area contributed by atoms with E-state index in [-0.39, 0.29) is 0 Å². The van der Waals surface area contributed by atoms with Crippen LogP contribution in [-0.4, -0.2) is 14.8 Å². The summed E-state index contributed by atoms with van der Waals surface area (Å²) in [5.74, 6) is 1.17. The number of nitrogen functional groups attached to an aromatic ring is 1. The van der Waals surface area contributed by atoms with Crippen LogP contribution >= 0.6 is 0 Å². The van der Waals surface area contributed by atoms with Crippen molar-refractivity contribution in [3.63, 3.8) is 0 Å². The maximum atomic E-state index is 5.36. The van der Waals surface area contributed by atoms with Crippen molar-refractivity contribution in [2.24, 2.45) is 5.92 Å². The van der Waals surface area contributed by atoms with Crippen LogP contribution < -0.4 is 5.73 Å². The summed E-state index contributed by atoms with van der Waals surface area (Å²) < 4.78 is 1.73. The Hall–Kier alpha value is -1.32. The SMILES string of the molecule is Nc1ncn(C/C=C/C2CC2)n1. The molecule has 0 bridgehead atoms. The first-order chi connectivity index (χ1) is 5.84. The van der Waals surface area contributed by atoms with Crippen molar-refractivity contribution in [3.05, 3.63) is 18.5 Å². The fourth-order valence-electron chi connectivity index (χ4n) is 1.05. The van der Waals surface area contributed by atoms with E-state index in [9.17, 15) is 0 Å². The summed E-state index contributed by atoms with van der Waals surface area (Å²) >= 11 is 0. The summed E-state index contributed by atoms with van der Waals surface area (Å²) in [6.07, 6.45) is 8.68. The summed E-state index contributed by atoms with van der Waals surface area (Å²) in [6, 6.07) is 0. The zero-order valence-corrected chi connectivity index (χ0v) is 6.85. The van der Waals surface area contributed by atoms with Crippen molar-refractivity contribution >= 4 is 5.95 Å². The molecule has 0 saturated heterocycles. The first-order valence-corrected chi connectivity index (χ1v) is 4.16. The maximum Gasteiger partial charge on any atom is 0.239 e. The third-order valence-corrected chi connectivity index (χ3v) is 1.88. The van der Waals surface area contributed by atoms with Crippen molar-refractivity contribution in [1.29, 1.82) is 0 Å². The minimum absolute atomic E-state index is 0.342. The number of nitrogens with two attached hydrogens (primary N) is 1. The van der Waals surface area contributed by atoms with Crippen LogP contribution in [-0.2, 0) is 6.54 Å². The van der Waals surface area contributed by atoms with Gasteiger partial charge in [0.25, 0.3) is 0 Å². The van der Waals surface area contributed by atoms with Gasteiger partial charge in [-0.05, 0) is 18.8 Å². The molecule has 2 N–H and O–H groups in total. The molecule has 1 aromatic heterocycles. The second-order valence-corrected chi connectivity index (χ2v) is 3.09. The number of aromatic nitrogens is 3. The Balaban J connectivity index is 1.86. The standard InChI is InChI=1S/C8H12N4/c9-8-10-6-12(11-8)5-1-2-7-3-4-7/h1-2,6-7H,3-5H2,(H2,9,11)/b2-1+. The van der Waals surface area contributed by atoms with Crippen molar-refractivity contribution in [2.45, 2.75) is 19.4 Å². The van der Waals surface area contributed by atoms with Gasteiger partial charge in [-0.2, -0.15) is 0 Å². The van der Waals surface area contributed by atoms with E-state index in [0.717, 1.165) is 12.5 Å². The van der Waals surface area contributed by atoms with Crippen LogP contribution in [0.2, 0.25) is 0 Å². The molecule has 12 heavy (non-hydrogen) atoms. The number of nitrogens with zero attached hydrogens (tertiary/aromatic N) is 3. The topological polar surface area (TPSA) is 56.7 Å². The van der Waals surface area contributed by atoms with Crippen LogP contribution in [0.3, 0.4) is 0 Å². The van der Waals surface area contributed by atoms with E-state index in [1.165, 1.54) is 12.8 Å². The van der Waals surface area contributed by atoms with Gasteiger partial charge in [-0.1, -0.05) is 12.2 Å². The smallest absolute Gasteiger partial charge is 0.239 e. The molecule has 0 aromatic carbocycles. The molecule has 0 amide bonds. The van der Waals surface area contributed by atoms with E-state index in [2.05, 4.69) is 22.2 Å². The molecular weight excluding hydrogens is 152 g/mol. The van der Waals surface area contributed by atoms with Gasteiger partial charge in [0.05, 0.1) is 6.54 Å². The van der Waals surface area contributed by atoms with Crippen molar-refractivity contribution in [3.8, 4) is 0 Å². The summed E-state index contributed by atoms with van der Waals surface area (Å²) in [6.45, 7) is 0.778. The maximum absolute atomic E-state index is 5.36. The first-order valence-electron chi connectivity index (χ1n) is 4.16. The molecule has 0 atom stereocenters. The molecule has 1 aromatic rings. The first kappa shape index (κ1) is 7.34. The molecule has 1 aliphatic carbocycles. The number of hydrogen-bond acceptors (Lipinski definition) is 3. The van der Waals surface area contributed by atoms with E-state index >= 15 is 0 Å². The molecule has 1 fully saturated rings. The lowest BCUT2D eigenvalue weighted by molar-refractivity contribution is 0.700. The minimum Gasteiger partial charge on any atom is -0.367 e. The van der Waals surface area contributed by atoms with Gasteiger partial charge in [0.2, 0.25) is 5.95 Å². The summed E-state index contributed by atoms with van der Waals surface area (Å²) in [4.78, 5) is 3.83. The monoisotopic (exact) mass is 164 g/mol. The van der Waals surface area contributed by atoms with Crippen molar-refractivity contribution in [2.75, 3.05) is 5.73 Å². The molecule has 64 valence electrons. The summed E-state index contributed by atoms with van der Waals surface area (Å²) in [5, 5.41) is 3.96. The lowest BCUT2D eigenvalue weighted by Gasteiger charge is -1.91. The van der Waals surface area contributed by atoms with Gasteiger partial charge in [-0.15, -0.1) is 5.10 Å². The van der Waals surface area contributed by atoms with Gasteiger partial charge >= 0.3 is 0 Å². The largest absolute Gasteiger partial charge is 0.367 e. The minimum atomic E-state index is 0.342. The fourth-order valence-corrected chi connectivity index (χ4v) is 1.05. The summed E-state index contributed by atoms with van der Waals surface area (Å²) in [5.41, 5.74) is 5.36. The van der Waals surface area contributed by atoms with E-state index in [1.807, 2.05) is 0 Å². The molecule has 0 unspecified atom stereocenters. The van der Waals surface area contributed by atoms with E-state index in [1.54, 1.807) is 11.0 Å². The van der Waals surface area contributed by atoms with Gasteiger partial charge in [-0.3, -0.25) is 0 Å². The highest BCUT2D eigenvalue weighted by atomic mass is 15.3. The number of allylic oxidation sites excluding steroid dienone is 2. The molecular formula is C8H12N4. The molecule has 1 heterocycles. The second-order valence-electron chi connectivity index (χ2n) is 3.09. The molecule has 4 heteroatoms. The average Bonchev–Trinajstić information content (AvgIpc) is 2.76. The van der Waals surface area contributed by atoms with Crippen LogP contribution in [0, 0.1) is 5.92 Å². The Bertz CT molecular complexity index is 285. The Kier molecular flexibility index (Phi) is 1.81. The molecule has 0 radical (unpaired) electrons. The third-order valence-electron chi connectivity index (χ3n) is 1.88. The zero-order chi connectivity index (χ0) is 8.39. The van der Waals surface area contributed by atoms with Crippen LogP contribution in [0.25, 0.3) is 0 Å². The Morgan fingerprint density at radius 2 is 2.50 bits per heavy atom. The van der Waals surface area contributed by atoms with Gasteiger partial charge in [0, 0.05) is 0 Å². The normalized spacial score (nSPS) is 17.3. The predicted octanol–water partition coefficient (Wildman–Crippen LogP) is 0.826. The van der Waals surface area contributed by atoms with Crippen LogP contribution in [0.1, 0.15) is 12.8 Å². The fraction of sp³-hybridized carbons (Fsp3) is 0.500. The molecule has 4 nitrogen and oxygen atoms in total. The van der Waals surface area contributed by atoms with Crippen LogP contribution in [0.5, 0.6) is 0 Å². The third kappa shape index (κ3) is 1.84. The molecule has 2 rings (SSSR count). The molecule has 0 spiro atoms. The average molecular weight is 164 g/mol. The molecule has 1 aliphatic rings. The zero-order valence-electron chi connectivity index (χ0n) is 6.85.